The smallest absolute Gasteiger partial charge is 0.251 e. The lowest BCUT2D eigenvalue weighted by Gasteiger charge is -2.33. The highest BCUT2D eigenvalue weighted by Gasteiger charge is 2.36. The van der Waals surface area contributed by atoms with Crippen LogP contribution in [-0.4, -0.2) is 42.5 Å². The molecule has 4 rings (SSSR count). The van der Waals surface area contributed by atoms with Gasteiger partial charge >= 0.3 is 0 Å². The molecule has 0 aliphatic carbocycles. The van der Waals surface area contributed by atoms with E-state index < -0.39 is 41.6 Å². The Morgan fingerprint density at radius 3 is 2.32 bits per heavy atom. The first-order valence-electron chi connectivity index (χ1n) is 11.4. The molecule has 37 heavy (non-hydrogen) atoms. The van der Waals surface area contributed by atoms with E-state index in [9.17, 15) is 14.0 Å². The monoisotopic (exact) mass is 505 g/mol. The molecule has 4 aromatic rings. The van der Waals surface area contributed by atoms with Crippen LogP contribution < -0.4 is 10.2 Å². The van der Waals surface area contributed by atoms with Gasteiger partial charge in [0.1, 0.15) is 24.2 Å². The van der Waals surface area contributed by atoms with E-state index in [1.165, 1.54) is 54.9 Å². The van der Waals surface area contributed by atoms with Gasteiger partial charge in [-0.3, -0.25) is 19.5 Å². The van der Waals surface area contributed by atoms with Crippen LogP contribution >= 0.6 is 0 Å². The van der Waals surface area contributed by atoms with Gasteiger partial charge < -0.3 is 5.32 Å². The van der Waals surface area contributed by atoms with Crippen molar-refractivity contribution >= 4 is 17.5 Å². The Bertz CT molecular complexity index is 1390. The number of amides is 2. The van der Waals surface area contributed by atoms with Crippen molar-refractivity contribution in [2.45, 2.75) is 38.9 Å². The van der Waals surface area contributed by atoms with Crippen LogP contribution in [0.1, 0.15) is 32.4 Å². The number of anilines is 1. The van der Waals surface area contributed by atoms with Crippen LogP contribution in [0.2, 0.25) is 0 Å². The number of carbonyl (C=O) groups is 2. The number of para-hydroxylation sites is 1. The van der Waals surface area contributed by atoms with Gasteiger partial charge in [-0.25, -0.2) is 8.78 Å². The van der Waals surface area contributed by atoms with Crippen molar-refractivity contribution in [2.24, 2.45) is 0 Å². The van der Waals surface area contributed by atoms with Crippen LogP contribution in [0.4, 0.5) is 14.5 Å². The highest BCUT2D eigenvalue weighted by molar-refractivity contribution is 6.01. The van der Waals surface area contributed by atoms with Crippen molar-refractivity contribution in [3.8, 4) is 11.4 Å². The molecule has 1 N–H and O–H groups in total. The van der Waals surface area contributed by atoms with Gasteiger partial charge in [0.05, 0.1) is 5.69 Å². The van der Waals surface area contributed by atoms with Gasteiger partial charge in [-0.1, -0.05) is 12.1 Å². The van der Waals surface area contributed by atoms with Gasteiger partial charge in [0.25, 0.3) is 5.91 Å². The molecule has 2 amide bonds. The van der Waals surface area contributed by atoms with E-state index in [4.69, 9.17) is 0 Å². The third kappa shape index (κ3) is 6.18. The minimum absolute atomic E-state index is 0.0859. The molecular weight excluding hydrogens is 480 g/mol. The zero-order chi connectivity index (χ0) is 26.6. The molecule has 2 aromatic carbocycles. The molecule has 11 heteroatoms. The van der Waals surface area contributed by atoms with Gasteiger partial charge in [-0.15, -0.1) is 10.2 Å². The molecule has 2 aromatic heterocycles. The number of nitrogens with zero attached hydrogens (tertiary/aromatic N) is 6. The summed E-state index contributed by atoms with van der Waals surface area (Å²) in [5.74, 6) is -2.08. The van der Waals surface area contributed by atoms with Crippen LogP contribution in [0.25, 0.3) is 11.4 Å². The summed E-state index contributed by atoms with van der Waals surface area (Å²) in [4.78, 5) is 33.4. The molecule has 0 bridgehead atoms. The largest absolute Gasteiger partial charge is 0.349 e. The number of benzene rings is 2. The zero-order valence-electron chi connectivity index (χ0n) is 20.5. The van der Waals surface area contributed by atoms with E-state index in [-0.39, 0.29) is 11.5 Å². The molecule has 1 atom stereocenters. The lowest BCUT2D eigenvalue weighted by atomic mass is 10.0. The Hall–Kier alpha value is -4.54. The first-order valence-corrected chi connectivity index (χ1v) is 11.4. The second kappa shape index (κ2) is 10.6. The minimum atomic E-state index is -1.22. The first-order chi connectivity index (χ1) is 17.6. The number of halogens is 2. The van der Waals surface area contributed by atoms with Crippen molar-refractivity contribution in [2.75, 3.05) is 4.90 Å². The van der Waals surface area contributed by atoms with E-state index in [1.807, 2.05) is 0 Å². The maximum atomic E-state index is 15.1. The highest BCUT2D eigenvalue weighted by Crippen LogP contribution is 2.30. The molecule has 0 saturated heterocycles. The van der Waals surface area contributed by atoms with Crippen molar-refractivity contribution in [1.29, 1.82) is 0 Å². The molecule has 0 spiro atoms. The number of hydrogen-bond donors (Lipinski definition) is 1. The summed E-state index contributed by atoms with van der Waals surface area (Å²) in [6, 6.07) is 13.2. The number of aromatic nitrogens is 5. The van der Waals surface area contributed by atoms with Gasteiger partial charge in [-0.05, 0) is 80.1 Å². The van der Waals surface area contributed by atoms with E-state index in [0.29, 0.717) is 11.1 Å². The van der Waals surface area contributed by atoms with E-state index in [0.717, 1.165) is 9.70 Å². The fraction of sp³-hybridized carbons (Fsp3) is 0.231. The molecule has 190 valence electrons. The average Bonchev–Trinajstić information content (AvgIpc) is 3.31. The van der Waals surface area contributed by atoms with E-state index in [2.05, 4.69) is 25.7 Å². The second-order valence-electron chi connectivity index (χ2n) is 9.29. The molecule has 0 fully saturated rings. The number of nitrogens with one attached hydrogen (secondary N) is 1. The zero-order valence-corrected chi connectivity index (χ0v) is 20.5. The summed E-state index contributed by atoms with van der Waals surface area (Å²) in [6.07, 6.45) is 2.98. The summed E-state index contributed by atoms with van der Waals surface area (Å²) in [6.45, 7) is 4.98. The molecular formula is C26H25F2N7O2. The average molecular weight is 506 g/mol. The van der Waals surface area contributed by atoms with Crippen molar-refractivity contribution < 1.29 is 18.4 Å². The molecule has 2 heterocycles. The predicted molar refractivity (Wildman–Crippen MR) is 132 cm³/mol. The Kier molecular flexibility index (Phi) is 7.32. The molecule has 0 radical (unpaired) electrons. The lowest BCUT2D eigenvalue weighted by molar-refractivity contribution is -0.128. The summed E-state index contributed by atoms with van der Waals surface area (Å²) >= 11 is 0. The SMILES string of the molecule is CC(C)(C)NC(=O)[C@H](c1ccncc1)N(C(=O)Cn1nnc(-c2ccc(F)cc2)n1)c1ccccc1F. The summed E-state index contributed by atoms with van der Waals surface area (Å²) in [7, 11) is 0. The highest BCUT2D eigenvalue weighted by atomic mass is 19.1. The van der Waals surface area contributed by atoms with Gasteiger partial charge in [0.15, 0.2) is 0 Å². The van der Waals surface area contributed by atoms with E-state index in [1.54, 1.807) is 39.0 Å². The molecule has 0 aliphatic rings. The van der Waals surface area contributed by atoms with Crippen molar-refractivity contribution in [3.63, 3.8) is 0 Å². The normalized spacial score (nSPS) is 12.1. The Morgan fingerprint density at radius 2 is 1.68 bits per heavy atom. The number of tetrazole rings is 1. The quantitative estimate of drug-likeness (QED) is 0.411. The maximum Gasteiger partial charge on any atom is 0.251 e. The summed E-state index contributed by atoms with van der Waals surface area (Å²) in [5.41, 5.74) is 0.235. The topological polar surface area (TPSA) is 106 Å². The third-order valence-electron chi connectivity index (χ3n) is 5.24. The Morgan fingerprint density at radius 1 is 1.00 bits per heavy atom. The predicted octanol–water partition coefficient (Wildman–Crippen LogP) is 3.70. The fourth-order valence-electron chi connectivity index (χ4n) is 3.69. The third-order valence-corrected chi connectivity index (χ3v) is 5.24. The standard InChI is InChI=1S/C26H25F2N7O2/c1-26(2,3)30-25(37)23(17-12-14-29-15-13-17)35(21-7-5-4-6-20(21)28)22(36)16-34-32-24(31-33-34)18-8-10-19(27)11-9-18/h4-15,23H,16H2,1-3H3,(H,30,37)/t23-/m0/s1. The minimum Gasteiger partial charge on any atom is -0.349 e. The van der Waals surface area contributed by atoms with Crippen LogP contribution in [0.5, 0.6) is 0 Å². The summed E-state index contributed by atoms with van der Waals surface area (Å²) in [5, 5.41) is 14.9. The van der Waals surface area contributed by atoms with Crippen LogP contribution in [0.15, 0.2) is 73.1 Å². The maximum absolute atomic E-state index is 15.1. The number of carbonyl (C=O) groups excluding carboxylic acids is 2. The molecule has 9 nitrogen and oxygen atoms in total. The second-order valence-corrected chi connectivity index (χ2v) is 9.29. The lowest BCUT2D eigenvalue weighted by Crippen LogP contribution is -2.50. The number of pyridine rings is 1. The van der Waals surface area contributed by atoms with Gasteiger partial charge in [0, 0.05) is 23.5 Å². The van der Waals surface area contributed by atoms with E-state index >= 15 is 4.39 Å². The van der Waals surface area contributed by atoms with Crippen molar-refractivity contribution in [1.82, 2.24) is 30.5 Å². The van der Waals surface area contributed by atoms with Crippen LogP contribution in [-0.2, 0) is 16.1 Å². The molecule has 0 saturated carbocycles. The van der Waals surface area contributed by atoms with Gasteiger partial charge in [0.2, 0.25) is 11.7 Å². The van der Waals surface area contributed by atoms with Crippen LogP contribution in [0, 0.1) is 11.6 Å². The molecule has 0 aliphatic heterocycles. The van der Waals surface area contributed by atoms with Crippen LogP contribution in [0.3, 0.4) is 0 Å². The van der Waals surface area contributed by atoms with Gasteiger partial charge in [-0.2, -0.15) is 4.80 Å². The first kappa shape index (κ1) is 25.5. The molecule has 0 unspecified atom stereocenters. The number of hydrogen-bond acceptors (Lipinski definition) is 6. The number of rotatable bonds is 7. The van der Waals surface area contributed by atoms with Crippen molar-refractivity contribution in [3.05, 3.63) is 90.3 Å². The Labute approximate surface area is 212 Å². The fourth-order valence-corrected chi connectivity index (χ4v) is 3.69. The summed E-state index contributed by atoms with van der Waals surface area (Å²) < 4.78 is 28.3. The Balaban J connectivity index is 1.73.